The number of aryl methyl sites for hydroxylation is 2. The number of aromatic nitrogens is 2. The number of nitrogens with zero attached hydrogens (tertiary/aromatic N) is 2. The van der Waals surface area contributed by atoms with E-state index in [2.05, 4.69) is 21.6 Å². The van der Waals surface area contributed by atoms with E-state index in [1.165, 1.54) is 17.7 Å². The average molecular weight is 420 g/mol. The minimum atomic E-state index is -0.536. The molecule has 0 radical (unpaired) electrons. The van der Waals surface area contributed by atoms with Gasteiger partial charge in [0.1, 0.15) is 11.5 Å². The molecule has 0 aliphatic carbocycles. The Morgan fingerprint density at radius 1 is 1.10 bits per heavy atom. The molecule has 6 nitrogen and oxygen atoms in total. The number of carbonyl (C=O) groups is 2. The van der Waals surface area contributed by atoms with Gasteiger partial charge in [-0.25, -0.2) is 4.39 Å². The first-order chi connectivity index (χ1) is 14.9. The highest BCUT2D eigenvalue weighted by molar-refractivity contribution is 5.95. The van der Waals surface area contributed by atoms with E-state index < -0.39 is 11.7 Å². The number of rotatable bonds is 4. The van der Waals surface area contributed by atoms with E-state index in [-0.39, 0.29) is 17.5 Å². The van der Waals surface area contributed by atoms with Crippen LogP contribution in [0.3, 0.4) is 0 Å². The maximum atomic E-state index is 13.8. The van der Waals surface area contributed by atoms with E-state index >= 15 is 0 Å². The molecule has 2 N–H and O–H groups in total. The topological polar surface area (TPSA) is 78.1 Å². The van der Waals surface area contributed by atoms with E-state index in [9.17, 15) is 14.0 Å². The van der Waals surface area contributed by atoms with Crippen molar-refractivity contribution in [2.24, 2.45) is 0 Å². The summed E-state index contributed by atoms with van der Waals surface area (Å²) in [6.07, 6.45) is 1.23. The lowest BCUT2D eigenvalue weighted by Crippen LogP contribution is -2.46. The standard InChI is InChI=1S/C24H25FN4O2/c1-15-7-8-18(16(2)13-15)21-14-22(28-27-21)24(31)29-11-9-17(10-12-29)26-23(30)19-5-3-4-6-20(19)25/h3-8,13-14,17H,9-12H2,1-2H3,(H,26,30)(H,27,28). The minimum absolute atomic E-state index is 0.0393. The van der Waals surface area contributed by atoms with Crippen LogP contribution in [0.15, 0.2) is 48.5 Å². The van der Waals surface area contributed by atoms with Gasteiger partial charge in [-0.15, -0.1) is 0 Å². The van der Waals surface area contributed by atoms with Gasteiger partial charge in [0, 0.05) is 24.7 Å². The zero-order valence-electron chi connectivity index (χ0n) is 17.6. The largest absolute Gasteiger partial charge is 0.349 e. The van der Waals surface area contributed by atoms with Gasteiger partial charge in [0.25, 0.3) is 11.8 Å². The third kappa shape index (κ3) is 4.50. The molecular weight excluding hydrogens is 395 g/mol. The number of benzene rings is 2. The van der Waals surface area contributed by atoms with Crippen molar-refractivity contribution in [3.63, 3.8) is 0 Å². The van der Waals surface area contributed by atoms with Gasteiger partial charge < -0.3 is 10.2 Å². The Hall–Kier alpha value is -3.48. The van der Waals surface area contributed by atoms with Crippen LogP contribution in [-0.4, -0.2) is 46.0 Å². The second kappa shape index (κ2) is 8.71. The molecule has 0 atom stereocenters. The molecule has 0 bridgehead atoms. The number of hydrogen-bond donors (Lipinski definition) is 2. The van der Waals surface area contributed by atoms with E-state index in [1.54, 1.807) is 23.1 Å². The zero-order valence-corrected chi connectivity index (χ0v) is 17.6. The first-order valence-corrected chi connectivity index (χ1v) is 10.4. The van der Waals surface area contributed by atoms with Crippen LogP contribution in [0.4, 0.5) is 4.39 Å². The van der Waals surface area contributed by atoms with Gasteiger partial charge in [-0.3, -0.25) is 14.7 Å². The fourth-order valence-electron chi connectivity index (χ4n) is 3.98. The summed E-state index contributed by atoms with van der Waals surface area (Å²) in [5.41, 5.74) is 4.51. The smallest absolute Gasteiger partial charge is 0.271 e. The summed E-state index contributed by atoms with van der Waals surface area (Å²) in [5, 5.41) is 10.1. The molecule has 2 amide bonds. The maximum absolute atomic E-state index is 13.8. The van der Waals surface area contributed by atoms with Gasteiger partial charge >= 0.3 is 0 Å². The number of aromatic amines is 1. The molecule has 0 spiro atoms. The van der Waals surface area contributed by atoms with Gasteiger partial charge in [0.05, 0.1) is 11.3 Å². The van der Waals surface area contributed by atoms with E-state index in [1.807, 2.05) is 26.0 Å². The summed E-state index contributed by atoms with van der Waals surface area (Å²) in [5.74, 6) is -1.07. The fraction of sp³-hybridized carbons (Fsp3) is 0.292. The second-order valence-corrected chi connectivity index (χ2v) is 8.01. The molecule has 1 aromatic heterocycles. The van der Waals surface area contributed by atoms with Crippen molar-refractivity contribution >= 4 is 11.8 Å². The highest BCUT2D eigenvalue weighted by Gasteiger charge is 2.26. The fourth-order valence-corrected chi connectivity index (χ4v) is 3.98. The Bertz CT molecular complexity index is 1120. The van der Waals surface area contributed by atoms with Crippen LogP contribution in [0.25, 0.3) is 11.3 Å². The number of nitrogens with one attached hydrogen (secondary N) is 2. The summed E-state index contributed by atoms with van der Waals surface area (Å²) in [7, 11) is 0. The quantitative estimate of drug-likeness (QED) is 0.673. The third-order valence-electron chi connectivity index (χ3n) is 5.70. The molecule has 2 aromatic carbocycles. The predicted octanol–water partition coefficient (Wildman–Crippen LogP) is 3.87. The van der Waals surface area contributed by atoms with Gasteiger partial charge in [-0.2, -0.15) is 5.10 Å². The highest BCUT2D eigenvalue weighted by Crippen LogP contribution is 2.24. The van der Waals surface area contributed by atoms with Gasteiger partial charge in [0.15, 0.2) is 0 Å². The van der Waals surface area contributed by atoms with Crippen LogP contribution >= 0.6 is 0 Å². The van der Waals surface area contributed by atoms with Crippen molar-refractivity contribution in [2.45, 2.75) is 32.7 Å². The van der Waals surface area contributed by atoms with Crippen LogP contribution in [0.2, 0.25) is 0 Å². The monoisotopic (exact) mass is 420 g/mol. The molecule has 1 aliphatic rings. The molecular formula is C24H25FN4O2. The minimum Gasteiger partial charge on any atom is -0.349 e. The summed E-state index contributed by atoms with van der Waals surface area (Å²) in [6.45, 7) is 5.09. The van der Waals surface area contributed by atoms with Gasteiger partial charge in [0.2, 0.25) is 0 Å². The third-order valence-corrected chi connectivity index (χ3v) is 5.70. The predicted molar refractivity (Wildman–Crippen MR) is 116 cm³/mol. The lowest BCUT2D eigenvalue weighted by Gasteiger charge is -2.32. The van der Waals surface area contributed by atoms with Crippen molar-refractivity contribution < 1.29 is 14.0 Å². The van der Waals surface area contributed by atoms with Crippen molar-refractivity contribution in [1.29, 1.82) is 0 Å². The first-order valence-electron chi connectivity index (χ1n) is 10.4. The Balaban J connectivity index is 1.36. The van der Waals surface area contributed by atoms with Crippen molar-refractivity contribution in [3.05, 3.63) is 76.7 Å². The normalized spacial score (nSPS) is 14.5. The molecule has 0 saturated carbocycles. The van der Waals surface area contributed by atoms with E-state index in [0.29, 0.717) is 31.6 Å². The maximum Gasteiger partial charge on any atom is 0.271 e. The molecule has 1 saturated heterocycles. The number of piperidine rings is 1. The number of H-pyrrole nitrogens is 1. The van der Waals surface area contributed by atoms with Gasteiger partial charge in [-0.1, -0.05) is 35.9 Å². The Morgan fingerprint density at radius 3 is 2.55 bits per heavy atom. The average Bonchev–Trinajstić information content (AvgIpc) is 3.24. The molecule has 1 aliphatic heterocycles. The second-order valence-electron chi connectivity index (χ2n) is 8.01. The lowest BCUT2D eigenvalue weighted by atomic mass is 10.0. The van der Waals surface area contributed by atoms with Gasteiger partial charge in [-0.05, 0) is 50.5 Å². The van der Waals surface area contributed by atoms with Crippen LogP contribution in [0.5, 0.6) is 0 Å². The van der Waals surface area contributed by atoms with E-state index in [0.717, 1.165) is 16.8 Å². The van der Waals surface area contributed by atoms with Crippen LogP contribution in [0, 0.1) is 19.7 Å². The molecule has 31 heavy (non-hydrogen) atoms. The molecule has 160 valence electrons. The number of halogens is 1. The Kier molecular flexibility index (Phi) is 5.84. The number of hydrogen-bond acceptors (Lipinski definition) is 3. The number of carbonyl (C=O) groups excluding carboxylic acids is 2. The number of amides is 2. The zero-order chi connectivity index (χ0) is 22.0. The summed E-state index contributed by atoms with van der Waals surface area (Å²) in [4.78, 5) is 27.0. The summed E-state index contributed by atoms with van der Waals surface area (Å²) in [6, 6.07) is 13.7. The molecule has 3 aromatic rings. The Labute approximate surface area is 180 Å². The first kappa shape index (κ1) is 20.8. The van der Waals surface area contributed by atoms with Crippen molar-refractivity contribution in [1.82, 2.24) is 20.4 Å². The molecule has 7 heteroatoms. The van der Waals surface area contributed by atoms with Crippen molar-refractivity contribution in [3.8, 4) is 11.3 Å². The van der Waals surface area contributed by atoms with Crippen LogP contribution < -0.4 is 5.32 Å². The molecule has 1 fully saturated rings. The highest BCUT2D eigenvalue weighted by atomic mass is 19.1. The molecule has 0 unspecified atom stereocenters. The molecule has 2 heterocycles. The number of likely N-dealkylation sites (tertiary alicyclic amines) is 1. The lowest BCUT2D eigenvalue weighted by molar-refractivity contribution is 0.0692. The summed E-state index contributed by atoms with van der Waals surface area (Å²) < 4.78 is 13.8. The summed E-state index contributed by atoms with van der Waals surface area (Å²) >= 11 is 0. The Morgan fingerprint density at radius 2 is 1.84 bits per heavy atom. The van der Waals surface area contributed by atoms with Crippen LogP contribution in [-0.2, 0) is 0 Å². The van der Waals surface area contributed by atoms with Crippen molar-refractivity contribution in [2.75, 3.05) is 13.1 Å². The van der Waals surface area contributed by atoms with Crippen LogP contribution in [0.1, 0.15) is 44.8 Å². The SMILES string of the molecule is Cc1ccc(-c2cc(C(=O)N3CCC(NC(=O)c4ccccc4F)CC3)[nH]n2)c(C)c1. The van der Waals surface area contributed by atoms with E-state index in [4.69, 9.17) is 0 Å². The molecule has 4 rings (SSSR count).